The molecule has 0 saturated carbocycles. The number of aromatic hydroxyl groups is 1. The summed E-state index contributed by atoms with van der Waals surface area (Å²) < 4.78 is 17.2. The Morgan fingerprint density at radius 2 is 1.81 bits per heavy atom. The summed E-state index contributed by atoms with van der Waals surface area (Å²) in [5.74, 6) is 0.498. The number of hydrogen-bond acceptors (Lipinski definition) is 7. The Labute approximate surface area is 187 Å². The van der Waals surface area contributed by atoms with Crippen molar-refractivity contribution >= 4 is 5.91 Å². The highest BCUT2D eigenvalue weighted by molar-refractivity contribution is 5.73. The van der Waals surface area contributed by atoms with Crippen LogP contribution in [0.3, 0.4) is 0 Å². The minimum atomic E-state index is -1.30. The molecule has 1 unspecified atom stereocenters. The van der Waals surface area contributed by atoms with Gasteiger partial charge in [-0.05, 0) is 61.2 Å². The maximum atomic E-state index is 11.2. The van der Waals surface area contributed by atoms with Crippen molar-refractivity contribution in [1.82, 2.24) is 5.32 Å². The summed E-state index contributed by atoms with van der Waals surface area (Å²) in [4.78, 5) is 11.2. The maximum absolute atomic E-state index is 11.2. The van der Waals surface area contributed by atoms with E-state index in [1.54, 1.807) is 44.2 Å². The Hall–Kier alpha value is -2.65. The fraction of sp³-hybridized carbons (Fsp3) is 0.458. The third-order valence-electron chi connectivity index (χ3n) is 5.58. The highest BCUT2D eigenvalue weighted by Crippen LogP contribution is 2.34. The molecule has 2 aromatic carbocycles. The highest BCUT2D eigenvalue weighted by Gasteiger charge is 2.50. The normalized spacial score (nSPS) is 24.7. The SMILES string of the molecule is CO[C@@H]1[C@@H](O)[C@@H](O)C(Oc2ccc(CCNC(C)=O)c(-c3ccc(O)cc3)c2)OC1(C)C. The third kappa shape index (κ3) is 5.39. The second-order valence-electron chi connectivity index (χ2n) is 8.44. The Morgan fingerprint density at radius 1 is 1.12 bits per heavy atom. The second kappa shape index (κ2) is 9.87. The van der Waals surface area contributed by atoms with E-state index >= 15 is 0 Å². The summed E-state index contributed by atoms with van der Waals surface area (Å²) in [5.41, 5.74) is 1.81. The lowest BCUT2D eigenvalue weighted by molar-refractivity contribution is -0.305. The predicted molar refractivity (Wildman–Crippen MR) is 118 cm³/mol. The van der Waals surface area contributed by atoms with Crippen LogP contribution >= 0.6 is 0 Å². The van der Waals surface area contributed by atoms with Crippen LogP contribution < -0.4 is 10.1 Å². The number of amides is 1. The molecule has 1 amide bonds. The number of aliphatic hydroxyl groups excluding tert-OH is 2. The van der Waals surface area contributed by atoms with E-state index in [0.717, 1.165) is 16.7 Å². The molecule has 8 heteroatoms. The first-order valence-corrected chi connectivity index (χ1v) is 10.5. The van der Waals surface area contributed by atoms with E-state index in [1.165, 1.54) is 14.0 Å². The summed E-state index contributed by atoms with van der Waals surface area (Å²) >= 11 is 0. The molecular formula is C24H31NO7. The van der Waals surface area contributed by atoms with E-state index in [2.05, 4.69) is 5.32 Å². The average molecular weight is 446 g/mol. The van der Waals surface area contributed by atoms with Gasteiger partial charge in [0.05, 0.1) is 5.60 Å². The first-order valence-electron chi connectivity index (χ1n) is 10.5. The van der Waals surface area contributed by atoms with E-state index in [4.69, 9.17) is 14.2 Å². The Bertz CT molecular complexity index is 928. The molecule has 4 N–H and O–H groups in total. The van der Waals surface area contributed by atoms with Crippen molar-refractivity contribution in [3.05, 3.63) is 48.0 Å². The van der Waals surface area contributed by atoms with Gasteiger partial charge < -0.3 is 34.8 Å². The van der Waals surface area contributed by atoms with Crippen LogP contribution in [0, 0.1) is 0 Å². The Balaban J connectivity index is 1.88. The zero-order valence-electron chi connectivity index (χ0n) is 18.7. The quantitative estimate of drug-likeness (QED) is 0.515. The van der Waals surface area contributed by atoms with Crippen LogP contribution in [0.25, 0.3) is 11.1 Å². The number of nitrogens with one attached hydrogen (secondary N) is 1. The zero-order valence-corrected chi connectivity index (χ0v) is 18.7. The number of phenolic OH excluding ortho intramolecular Hbond substituents is 1. The van der Waals surface area contributed by atoms with Gasteiger partial charge in [0.15, 0.2) is 0 Å². The van der Waals surface area contributed by atoms with Gasteiger partial charge in [0, 0.05) is 20.6 Å². The molecule has 8 nitrogen and oxygen atoms in total. The summed E-state index contributed by atoms with van der Waals surface area (Å²) in [6.45, 7) is 5.47. The smallest absolute Gasteiger partial charge is 0.229 e. The largest absolute Gasteiger partial charge is 0.508 e. The lowest BCUT2D eigenvalue weighted by Gasteiger charge is -2.46. The van der Waals surface area contributed by atoms with Crippen molar-refractivity contribution in [3.63, 3.8) is 0 Å². The first kappa shape index (κ1) is 24.0. The standard InChI is InChI=1S/C24H31NO7/c1-14(26)25-12-11-16-7-10-18(13-19(16)15-5-8-17(27)9-6-15)31-23-21(29)20(28)22(30-4)24(2,3)32-23/h5-10,13,20-23,27-29H,11-12H2,1-4H3,(H,25,26)/t20-,21+,22+,23?/m0/s1. The fourth-order valence-corrected chi connectivity index (χ4v) is 3.97. The summed E-state index contributed by atoms with van der Waals surface area (Å²) in [6, 6.07) is 12.2. The molecule has 0 aromatic heterocycles. The monoisotopic (exact) mass is 445 g/mol. The van der Waals surface area contributed by atoms with Crippen LogP contribution in [-0.2, 0) is 20.7 Å². The molecule has 0 spiro atoms. The van der Waals surface area contributed by atoms with Gasteiger partial charge in [-0.2, -0.15) is 0 Å². The van der Waals surface area contributed by atoms with Crippen LogP contribution in [0.1, 0.15) is 26.3 Å². The molecule has 1 saturated heterocycles. The van der Waals surface area contributed by atoms with E-state index in [-0.39, 0.29) is 11.7 Å². The van der Waals surface area contributed by atoms with Crippen molar-refractivity contribution in [2.24, 2.45) is 0 Å². The average Bonchev–Trinajstić information content (AvgIpc) is 2.73. The number of ether oxygens (including phenoxy) is 3. The minimum Gasteiger partial charge on any atom is -0.508 e. The van der Waals surface area contributed by atoms with Gasteiger partial charge in [0.1, 0.15) is 29.8 Å². The summed E-state index contributed by atoms with van der Waals surface area (Å²) in [5, 5.41) is 33.4. The summed E-state index contributed by atoms with van der Waals surface area (Å²) in [6.07, 6.45) is -3.68. The van der Waals surface area contributed by atoms with Gasteiger partial charge in [0.25, 0.3) is 0 Å². The molecule has 1 heterocycles. The number of methoxy groups -OCH3 is 1. The van der Waals surface area contributed by atoms with Crippen molar-refractivity contribution in [2.75, 3.05) is 13.7 Å². The molecule has 0 radical (unpaired) electrons. The molecule has 3 rings (SSSR count). The van der Waals surface area contributed by atoms with E-state index < -0.39 is 30.2 Å². The second-order valence-corrected chi connectivity index (χ2v) is 8.44. The van der Waals surface area contributed by atoms with E-state index in [9.17, 15) is 20.1 Å². The van der Waals surface area contributed by atoms with Gasteiger partial charge in [-0.15, -0.1) is 0 Å². The summed E-state index contributed by atoms with van der Waals surface area (Å²) in [7, 11) is 1.45. The lowest BCUT2D eigenvalue weighted by atomic mass is 9.89. The molecule has 1 aliphatic heterocycles. The van der Waals surface area contributed by atoms with Gasteiger partial charge in [-0.3, -0.25) is 4.79 Å². The predicted octanol–water partition coefficient (Wildman–Crippen LogP) is 1.99. The molecule has 32 heavy (non-hydrogen) atoms. The van der Waals surface area contributed by atoms with Gasteiger partial charge in [-0.25, -0.2) is 0 Å². The third-order valence-corrected chi connectivity index (χ3v) is 5.58. The molecule has 174 valence electrons. The van der Waals surface area contributed by atoms with Crippen molar-refractivity contribution in [1.29, 1.82) is 0 Å². The number of carbonyl (C=O) groups is 1. The number of carbonyl (C=O) groups excluding carboxylic acids is 1. The van der Waals surface area contributed by atoms with Crippen LogP contribution in [0.2, 0.25) is 0 Å². The van der Waals surface area contributed by atoms with Crippen LogP contribution in [0.15, 0.2) is 42.5 Å². The van der Waals surface area contributed by atoms with Crippen molar-refractivity contribution < 1.29 is 34.3 Å². The number of aliphatic hydroxyl groups is 2. The maximum Gasteiger partial charge on any atom is 0.229 e. The number of rotatable bonds is 7. The van der Waals surface area contributed by atoms with E-state index in [1.807, 2.05) is 12.1 Å². The number of benzene rings is 2. The van der Waals surface area contributed by atoms with Crippen molar-refractivity contribution in [2.45, 2.75) is 57.4 Å². The molecule has 4 atom stereocenters. The van der Waals surface area contributed by atoms with Crippen LogP contribution in [0.5, 0.6) is 11.5 Å². The Morgan fingerprint density at radius 3 is 2.44 bits per heavy atom. The molecule has 1 aliphatic rings. The topological polar surface area (TPSA) is 117 Å². The Kier molecular flexibility index (Phi) is 7.40. The van der Waals surface area contributed by atoms with Crippen molar-refractivity contribution in [3.8, 4) is 22.6 Å². The highest BCUT2D eigenvalue weighted by atomic mass is 16.7. The van der Waals surface area contributed by atoms with E-state index in [0.29, 0.717) is 18.7 Å². The molecular weight excluding hydrogens is 414 g/mol. The molecule has 0 bridgehead atoms. The molecule has 1 fully saturated rings. The molecule has 2 aromatic rings. The number of hydrogen-bond donors (Lipinski definition) is 4. The van der Waals surface area contributed by atoms with Gasteiger partial charge >= 0.3 is 0 Å². The minimum absolute atomic E-state index is 0.102. The number of phenols is 1. The zero-order chi connectivity index (χ0) is 23.5. The van der Waals surface area contributed by atoms with Crippen LogP contribution in [-0.4, -0.2) is 65.1 Å². The van der Waals surface area contributed by atoms with Gasteiger partial charge in [0.2, 0.25) is 12.2 Å². The first-order chi connectivity index (χ1) is 15.1. The molecule has 0 aliphatic carbocycles. The fourth-order valence-electron chi connectivity index (χ4n) is 3.97. The van der Waals surface area contributed by atoms with Gasteiger partial charge in [-0.1, -0.05) is 18.2 Å². The van der Waals surface area contributed by atoms with Crippen LogP contribution in [0.4, 0.5) is 0 Å². The lowest BCUT2D eigenvalue weighted by Crippen LogP contribution is -2.63.